The molecule has 4 rings (SSSR count). The Labute approximate surface area is 219 Å². The zero-order valence-corrected chi connectivity index (χ0v) is 21.1. The summed E-state index contributed by atoms with van der Waals surface area (Å²) in [6.45, 7) is 2.71. The van der Waals surface area contributed by atoms with Gasteiger partial charge in [-0.05, 0) is 66.6 Å². The molecule has 1 atom stereocenters. The van der Waals surface area contributed by atoms with Gasteiger partial charge < -0.3 is 14.9 Å². The number of anilines is 1. The Morgan fingerprint density at radius 1 is 1.00 bits per heavy atom. The second kappa shape index (κ2) is 11.1. The van der Waals surface area contributed by atoms with Crippen molar-refractivity contribution >= 4 is 46.3 Å². The highest BCUT2D eigenvalue weighted by Gasteiger charge is 2.47. The Morgan fingerprint density at radius 2 is 1.75 bits per heavy atom. The van der Waals surface area contributed by atoms with Gasteiger partial charge in [-0.15, -0.1) is 0 Å². The molecule has 0 bridgehead atoms. The number of phenols is 1. The number of carbonyl (C=O) groups excluding carboxylic acids is 2. The van der Waals surface area contributed by atoms with Crippen LogP contribution in [0.5, 0.6) is 11.5 Å². The summed E-state index contributed by atoms with van der Waals surface area (Å²) in [6, 6.07) is 16.6. The van der Waals surface area contributed by atoms with Crippen molar-refractivity contribution in [3.63, 3.8) is 0 Å². The van der Waals surface area contributed by atoms with Crippen molar-refractivity contribution in [2.75, 3.05) is 11.5 Å². The van der Waals surface area contributed by atoms with Crippen LogP contribution < -0.4 is 9.64 Å². The zero-order chi connectivity index (χ0) is 25.8. The molecular weight excluding hydrogens is 501 g/mol. The average Bonchev–Trinajstić information content (AvgIpc) is 3.14. The number of hydrogen-bond acceptors (Lipinski definition) is 5. The number of ketones is 1. The maximum Gasteiger partial charge on any atom is 0.300 e. The molecule has 1 aliphatic rings. The Bertz CT molecular complexity index is 1320. The number of benzene rings is 3. The Balaban J connectivity index is 1.78. The minimum atomic E-state index is -0.994. The summed E-state index contributed by atoms with van der Waals surface area (Å²) in [5, 5.41) is 21.6. The second-order valence-electron chi connectivity index (χ2n) is 8.44. The molecule has 186 valence electrons. The number of rotatable bonds is 8. The normalized spacial score (nSPS) is 17.0. The van der Waals surface area contributed by atoms with Gasteiger partial charge in [0.25, 0.3) is 11.7 Å². The molecular formula is C28H25Cl2NO5. The minimum Gasteiger partial charge on any atom is -0.507 e. The maximum atomic E-state index is 13.2. The fourth-order valence-corrected chi connectivity index (χ4v) is 4.51. The second-order valence-corrected chi connectivity index (χ2v) is 9.28. The molecule has 1 unspecified atom stereocenters. The van der Waals surface area contributed by atoms with Gasteiger partial charge in [0, 0.05) is 16.3 Å². The largest absolute Gasteiger partial charge is 0.507 e. The van der Waals surface area contributed by atoms with Crippen molar-refractivity contribution in [3.8, 4) is 11.5 Å². The van der Waals surface area contributed by atoms with E-state index in [-0.39, 0.29) is 22.1 Å². The van der Waals surface area contributed by atoms with Crippen LogP contribution in [0.1, 0.15) is 43.4 Å². The van der Waals surface area contributed by atoms with Gasteiger partial charge in [0.1, 0.15) is 17.3 Å². The van der Waals surface area contributed by atoms with Crippen molar-refractivity contribution in [2.24, 2.45) is 0 Å². The molecule has 1 amide bonds. The first-order valence-electron chi connectivity index (χ1n) is 11.6. The molecule has 3 aromatic rings. The van der Waals surface area contributed by atoms with Crippen molar-refractivity contribution < 1.29 is 24.5 Å². The molecule has 8 heteroatoms. The average molecular weight is 526 g/mol. The lowest BCUT2D eigenvalue weighted by Crippen LogP contribution is -2.29. The van der Waals surface area contributed by atoms with Crippen LogP contribution in [0.2, 0.25) is 10.0 Å². The van der Waals surface area contributed by atoms with Crippen molar-refractivity contribution in [3.05, 3.63) is 93.5 Å². The summed E-state index contributed by atoms with van der Waals surface area (Å²) in [5.41, 5.74) is 1.08. The number of hydrogen-bond donors (Lipinski definition) is 2. The van der Waals surface area contributed by atoms with Gasteiger partial charge in [-0.1, -0.05) is 55.1 Å². The number of ether oxygens (including phenoxy) is 1. The first-order valence-corrected chi connectivity index (χ1v) is 12.4. The summed E-state index contributed by atoms with van der Waals surface area (Å²) in [4.78, 5) is 27.7. The highest BCUT2D eigenvalue weighted by atomic mass is 35.5. The SMILES string of the molecule is CCCCCOc1ccc(/C(O)=C2/C(=O)C(=O)N(c3cccc(Cl)c3)C2c2ccc(O)c(Cl)c2)cc1. The number of unbranched alkanes of at least 4 members (excludes halogenated alkanes) is 2. The molecule has 6 nitrogen and oxygen atoms in total. The number of nitrogens with zero attached hydrogens (tertiary/aromatic N) is 1. The molecule has 36 heavy (non-hydrogen) atoms. The monoisotopic (exact) mass is 525 g/mol. The van der Waals surface area contributed by atoms with Gasteiger partial charge in [0.05, 0.1) is 23.2 Å². The van der Waals surface area contributed by atoms with Gasteiger partial charge in [0.2, 0.25) is 0 Å². The highest BCUT2D eigenvalue weighted by molar-refractivity contribution is 6.52. The van der Waals surface area contributed by atoms with Crippen LogP contribution in [-0.2, 0) is 9.59 Å². The molecule has 1 heterocycles. The minimum absolute atomic E-state index is 0.0498. The number of Topliss-reactive ketones (excluding diaryl/α,β-unsaturated/α-hetero) is 1. The van der Waals surface area contributed by atoms with Crippen molar-refractivity contribution in [2.45, 2.75) is 32.2 Å². The topological polar surface area (TPSA) is 87.1 Å². The number of carbonyl (C=O) groups is 2. The summed E-state index contributed by atoms with van der Waals surface area (Å²) in [7, 11) is 0. The maximum absolute atomic E-state index is 13.2. The molecule has 0 radical (unpaired) electrons. The molecule has 0 aliphatic carbocycles. The summed E-state index contributed by atoms with van der Waals surface area (Å²) in [5.74, 6) is -1.49. The van der Waals surface area contributed by atoms with Crippen LogP contribution in [0.3, 0.4) is 0 Å². The van der Waals surface area contributed by atoms with Crippen LogP contribution in [0.25, 0.3) is 5.76 Å². The van der Waals surface area contributed by atoms with Crippen LogP contribution in [0.15, 0.2) is 72.3 Å². The van der Waals surface area contributed by atoms with Crippen molar-refractivity contribution in [1.29, 1.82) is 0 Å². The van der Waals surface area contributed by atoms with E-state index in [9.17, 15) is 19.8 Å². The van der Waals surface area contributed by atoms with Crippen LogP contribution in [-0.4, -0.2) is 28.5 Å². The smallest absolute Gasteiger partial charge is 0.300 e. The Kier molecular flexibility index (Phi) is 7.87. The number of halogens is 2. The van der Waals surface area contributed by atoms with E-state index >= 15 is 0 Å². The third kappa shape index (κ3) is 5.20. The van der Waals surface area contributed by atoms with Crippen LogP contribution in [0, 0.1) is 0 Å². The molecule has 2 N–H and O–H groups in total. The molecule has 1 aliphatic heterocycles. The van der Waals surface area contributed by atoms with Crippen LogP contribution >= 0.6 is 23.2 Å². The molecule has 0 saturated carbocycles. The Morgan fingerprint density at radius 3 is 2.42 bits per heavy atom. The molecule has 0 aromatic heterocycles. The third-order valence-corrected chi connectivity index (χ3v) is 6.50. The predicted octanol–water partition coefficient (Wildman–Crippen LogP) is 6.89. The van der Waals surface area contributed by atoms with Crippen molar-refractivity contribution in [1.82, 2.24) is 0 Å². The molecule has 3 aromatic carbocycles. The quantitative estimate of drug-likeness (QED) is 0.144. The zero-order valence-electron chi connectivity index (χ0n) is 19.6. The summed E-state index contributed by atoms with van der Waals surface area (Å²) < 4.78 is 5.73. The standard InChI is InChI=1S/C28H25Cl2NO5/c1-2-3-4-14-36-21-11-8-17(9-12-21)26(33)24-25(18-10-13-23(32)22(30)15-18)31(28(35)27(24)34)20-7-5-6-19(29)16-20/h5-13,15-16,25,32-33H,2-4,14H2,1H3/b26-24-. The number of aliphatic hydroxyl groups excluding tert-OH is 1. The van der Waals surface area contributed by atoms with Gasteiger partial charge in [-0.2, -0.15) is 0 Å². The number of phenolic OH excluding ortho intramolecular Hbond substituents is 1. The lowest BCUT2D eigenvalue weighted by atomic mass is 9.95. The third-order valence-electron chi connectivity index (χ3n) is 5.96. The molecule has 0 spiro atoms. The van der Waals surface area contributed by atoms with Gasteiger partial charge in [-0.3, -0.25) is 14.5 Å². The summed E-state index contributed by atoms with van der Waals surface area (Å²) in [6.07, 6.45) is 3.11. The van der Waals surface area contributed by atoms with E-state index < -0.39 is 17.7 Å². The van der Waals surface area contributed by atoms with E-state index in [1.807, 2.05) is 0 Å². The van der Waals surface area contributed by atoms with Crippen LogP contribution in [0.4, 0.5) is 5.69 Å². The number of amides is 1. The number of aromatic hydroxyl groups is 1. The van der Waals surface area contributed by atoms with E-state index in [0.717, 1.165) is 19.3 Å². The van der Waals surface area contributed by atoms with E-state index in [1.165, 1.54) is 17.0 Å². The van der Waals surface area contributed by atoms with E-state index in [1.54, 1.807) is 54.6 Å². The van der Waals surface area contributed by atoms with Gasteiger partial charge in [-0.25, -0.2) is 0 Å². The first-order chi connectivity index (χ1) is 17.3. The van der Waals surface area contributed by atoms with E-state index in [2.05, 4.69) is 6.92 Å². The highest BCUT2D eigenvalue weighted by Crippen LogP contribution is 2.44. The van der Waals surface area contributed by atoms with E-state index in [0.29, 0.717) is 34.2 Å². The Hall–Kier alpha value is -3.48. The number of aliphatic hydroxyl groups is 1. The fraction of sp³-hybridized carbons (Fsp3) is 0.214. The van der Waals surface area contributed by atoms with Gasteiger partial charge >= 0.3 is 0 Å². The van der Waals surface area contributed by atoms with Gasteiger partial charge in [0.15, 0.2) is 0 Å². The lowest BCUT2D eigenvalue weighted by molar-refractivity contribution is -0.132. The fourth-order valence-electron chi connectivity index (χ4n) is 4.14. The summed E-state index contributed by atoms with van der Waals surface area (Å²) >= 11 is 12.3. The first kappa shape index (κ1) is 25.6. The predicted molar refractivity (Wildman–Crippen MR) is 141 cm³/mol. The lowest BCUT2D eigenvalue weighted by Gasteiger charge is -2.25. The molecule has 1 saturated heterocycles. The van der Waals surface area contributed by atoms with E-state index in [4.69, 9.17) is 27.9 Å². The molecule has 1 fully saturated rings.